The molecule has 4 rings (SSSR count). The number of hydrogen-bond donors (Lipinski definition) is 2. The average molecular weight is 255 g/mol. The van der Waals surface area contributed by atoms with E-state index in [-0.39, 0.29) is 0 Å². The number of H-pyrrole nitrogens is 1. The Bertz CT molecular complexity index is 574. The minimum absolute atomic E-state index is 0.636. The van der Waals surface area contributed by atoms with Crippen LogP contribution in [0.15, 0.2) is 30.5 Å². The molecule has 0 radical (unpaired) electrons. The maximum Gasteiger partial charge on any atom is 0.0455 e. The summed E-state index contributed by atoms with van der Waals surface area (Å²) in [5.41, 5.74) is 2.49. The van der Waals surface area contributed by atoms with Crippen molar-refractivity contribution in [3.63, 3.8) is 0 Å². The second-order valence-electron chi connectivity index (χ2n) is 5.92. The van der Waals surface area contributed by atoms with Gasteiger partial charge in [-0.15, -0.1) is 0 Å². The lowest BCUT2D eigenvalue weighted by Crippen LogP contribution is -2.41. The average Bonchev–Trinajstić information content (AvgIpc) is 3.06. The Balaban J connectivity index is 1.54. The van der Waals surface area contributed by atoms with Crippen LogP contribution in [0.2, 0.25) is 0 Å². The fraction of sp³-hybridized carbons (Fsp3) is 0.500. The van der Waals surface area contributed by atoms with Crippen LogP contribution < -0.4 is 5.32 Å². The molecule has 3 nitrogen and oxygen atoms in total. The van der Waals surface area contributed by atoms with Crippen molar-refractivity contribution in [3.8, 4) is 0 Å². The zero-order valence-corrected chi connectivity index (χ0v) is 11.2. The largest absolute Gasteiger partial charge is 0.381 e. The van der Waals surface area contributed by atoms with Crippen LogP contribution in [0, 0.1) is 0 Å². The van der Waals surface area contributed by atoms with Gasteiger partial charge in [0.25, 0.3) is 0 Å². The molecule has 0 amide bonds. The Labute approximate surface area is 114 Å². The van der Waals surface area contributed by atoms with Crippen molar-refractivity contribution in [1.29, 1.82) is 0 Å². The Morgan fingerprint density at radius 1 is 1.11 bits per heavy atom. The maximum atomic E-state index is 3.77. The fourth-order valence-electron chi connectivity index (χ4n) is 3.77. The molecule has 0 saturated carbocycles. The van der Waals surface area contributed by atoms with Crippen LogP contribution in [0.3, 0.4) is 0 Å². The van der Waals surface area contributed by atoms with Crippen molar-refractivity contribution in [3.05, 3.63) is 30.5 Å². The van der Waals surface area contributed by atoms with Crippen LogP contribution in [0.25, 0.3) is 10.9 Å². The van der Waals surface area contributed by atoms with E-state index < -0.39 is 0 Å². The van der Waals surface area contributed by atoms with Crippen LogP contribution in [0.1, 0.15) is 25.7 Å². The van der Waals surface area contributed by atoms with Gasteiger partial charge in [-0.25, -0.2) is 0 Å². The Morgan fingerprint density at radius 3 is 3.11 bits per heavy atom. The third-order valence-corrected chi connectivity index (χ3v) is 4.76. The number of nitrogens with one attached hydrogen (secondary N) is 2. The Hall–Kier alpha value is -1.48. The zero-order chi connectivity index (χ0) is 12.7. The molecule has 2 aliphatic rings. The molecule has 2 atom stereocenters. The molecule has 100 valence electrons. The summed E-state index contributed by atoms with van der Waals surface area (Å²) in [5, 5.41) is 5.06. The van der Waals surface area contributed by atoms with Gasteiger partial charge in [-0.2, -0.15) is 0 Å². The molecular formula is C16H21N3. The maximum absolute atomic E-state index is 3.77. The predicted octanol–water partition coefficient (Wildman–Crippen LogP) is 3.21. The molecule has 1 aromatic carbocycles. The van der Waals surface area contributed by atoms with Gasteiger partial charge in [0.15, 0.2) is 0 Å². The molecule has 2 unspecified atom stereocenters. The van der Waals surface area contributed by atoms with Gasteiger partial charge in [0.05, 0.1) is 0 Å². The number of anilines is 1. The third-order valence-electron chi connectivity index (χ3n) is 4.76. The van der Waals surface area contributed by atoms with Gasteiger partial charge in [-0.3, -0.25) is 4.90 Å². The number of aromatic amines is 1. The minimum Gasteiger partial charge on any atom is -0.381 e. The Kier molecular flexibility index (Phi) is 2.73. The number of fused-ring (bicyclic) bond motifs is 2. The van der Waals surface area contributed by atoms with Crippen molar-refractivity contribution in [2.45, 2.75) is 37.8 Å². The van der Waals surface area contributed by atoms with Crippen molar-refractivity contribution < 1.29 is 0 Å². The van der Waals surface area contributed by atoms with E-state index in [0.29, 0.717) is 6.04 Å². The lowest BCUT2D eigenvalue weighted by atomic mass is 9.99. The van der Waals surface area contributed by atoms with E-state index in [4.69, 9.17) is 0 Å². The van der Waals surface area contributed by atoms with Gasteiger partial charge in [-0.1, -0.05) is 6.42 Å². The van der Waals surface area contributed by atoms with Gasteiger partial charge in [0.2, 0.25) is 0 Å². The Morgan fingerprint density at radius 2 is 2.11 bits per heavy atom. The summed E-state index contributed by atoms with van der Waals surface area (Å²) in [6.07, 6.45) is 7.45. The predicted molar refractivity (Wildman–Crippen MR) is 79.5 cm³/mol. The quantitative estimate of drug-likeness (QED) is 0.863. The standard InChI is InChI=1S/C16H21N3/c1-2-9-19-10-7-15(16(19)3-1)18-13-4-5-14-12(11-13)6-8-17-14/h4-6,8,11,15-18H,1-3,7,9-10H2. The molecule has 3 heterocycles. The fourth-order valence-corrected chi connectivity index (χ4v) is 3.77. The molecular weight excluding hydrogens is 234 g/mol. The molecule has 1 aromatic heterocycles. The van der Waals surface area contributed by atoms with Gasteiger partial charge in [0.1, 0.15) is 0 Å². The van der Waals surface area contributed by atoms with Crippen LogP contribution in [-0.2, 0) is 0 Å². The number of benzene rings is 1. The molecule has 3 heteroatoms. The van der Waals surface area contributed by atoms with Crippen molar-refractivity contribution in [2.24, 2.45) is 0 Å². The summed E-state index contributed by atoms with van der Waals surface area (Å²) in [7, 11) is 0. The summed E-state index contributed by atoms with van der Waals surface area (Å²) in [6.45, 7) is 2.58. The molecule has 2 N–H and O–H groups in total. The van der Waals surface area contributed by atoms with Crippen LogP contribution in [0.5, 0.6) is 0 Å². The summed E-state index contributed by atoms with van der Waals surface area (Å²) in [5.74, 6) is 0. The lowest BCUT2D eigenvalue weighted by Gasteiger charge is -2.33. The van der Waals surface area contributed by atoms with Crippen LogP contribution in [-0.4, -0.2) is 35.1 Å². The number of rotatable bonds is 2. The molecule has 19 heavy (non-hydrogen) atoms. The highest BCUT2D eigenvalue weighted by Crippen LogP contribution is 2.30. The summed E-state index contributed by atoms with van der Waals surface area (Å²) < 4.78 is 0. The van der Waals surface area contributed by atoms with Crippen LogP contribution >= 0.6 is 0 Å². The highest BCUT2D eigenvalue weighted by Gasteiger charge is 2.35. The summed E-state index contributed by atoms with van der Waals surface area (Å²) in [6, 6.07) is 10.2. The SMILES string of the molecule is c1cc2cc(NC3CCN4CCCCC34)ccc2[nH]1. The second-order valence-corrected chi connectivity index (χ2v) is 5.92. The van der Waals surface area contributed by atoms with Gasteiger partial charge < -0.3 is 10.3 Å². The van der Waals surface area contributed by atoms with Gasteiger partial charge >= 0.3 is 0 Å². The second kappa shape index (κ2) is 4.57. The minimum atomic E-state index is 0.636. The molecule has 2 aliphatic heterocycles. The first-order chi connectivity index (χ1) is 9.40. The van der Waals surface area contributed by atoms with E-state index in [1.54, 1.807) is 0 Å². The highest BCUT2D eigenvalue weighted by atomic mass is 15.2. The molecule has 0 bridgehead atoms. The van der Waals surface area contributed by atoms with Crippen molar-refractivity contribution in [2.75, 3.05) is 18.4 Å². The monoisotopic (exact) mass is 255 g/mol. The molecule has 2 saturated heterocycles. The molecule has 0 spiro atoms. The molecule has 2 aromatic rings. The molecule has 2 fully saturated rings. The number of hydrogen-bond acceptors (Lipinski definition) is 2. The zero-order valence-electron chi connectivity index (χ0n) is 11.2. The summed E-state index contributed by atoms with van der Waals surface area (Å²) in [4.78, 5) is 5.93. The third kappa shape index (κ3) is 2.02. The van der Waals surface area contributed by atoms with Gasteiger partial charge in [0, 0.05) is 41.4 Å². The first-order valence-corrected chi connectivity index (χ1v) is 7.48. The number of aromatic nitrogens is 1. The smallest absolute Gasteiger partial charge is 0.0455 e. The van der Waals surface area contributed by atoms with Crippen molar-refractivity contribution in [1.82, 2.24) is 9.88 Å². The van der Waals surface area contributed by atoms with E-state index >= 15 is 0 Å². The normalized spacial score (nSPS) is 27.6. The van der Waals surface area contributed by atoms with E-state index in [1.807, 2.05) is 6.20 Å². The van der Waals surface area contributed by atoms with Crippen molar-refractivity contribution >= 4 is 16.6 Å². The van der Waals surface area contributed by atoms with Gasteiger partial charge in [-0.05, 0) is 50.1 Å². The van der Waals surface area contributed by atoms with E-state index in [1.165, 1.54) is 55.4 Å². The highest BCUT2D eigenvalue weighted by molar-refractivity contribution is 5.83. The van der Waals surface area contributed by atoms with Crippen LogP contribution in [0.4, 0.5) is 5.69 Å². The molecule has 0 aliphatic carbocycles. The topological polar surface area (TPSA) is 31.1 Å². The first-order valence-electron chi connectivity index (χ1n) is 7.48. The van der Waals surface area contributed by atoms with E-state index in [2.05, 4.69) is 39.5 Å². The summed E-state index contributed by atoms with van der Waals surface area (Å²) >= 11 is 0. The number of piperidine rings is 1. The number of nitrogens with zero attached hydrogens (tertiary/aromatic N) is 1. The lowest BCUT2D eigenvalue weighted by molar-refractivity contribution is 0.193. The van der Waals surface area contributed by atoms with E-state index in [0.717, 1.165) is 6.04 Å². The van der Waals surface area contributed by atoms with E-state index in [9.17, 15) is 0 Å². The first kappa shape index (κ1) is 11.4.